The van der Waals surface area contributed by atoms with Crippen molar-refractivity contribution in [3.63, 3.8) is 0 Å². The molecule has 0 saturated carbocycles. The molecule has 0 spiro atoms. The Morgan fingerprint density at radius 1 is 1.00 bits per heavy atom. The monoisotopic (exact) mass is 152 g/mol. The van der Waals surface area contributed by atoms with Gasteiger partial charge in [0.05, 0.1) is 0 Å². The molecule has 0 nitrogen and oxygen atoms in total. The minimum atomic E-state index is 0. The zero-order valence-corrected chi connectivity index (χ0v) is 6.73. The van der Waals surface area contributed by atoms with Gasteiger partial charge in [0.15, 0.2) is 0 Å². The fourth-order valence-electron chi connectivity index (χ4n) is 0.342. The summed E-state index contributed by atoms with van der Waals surface area (Å²) in [4.78, 5) is 0. The van der Waals surface area contributed by atoms with Gasteiger partial charge in [-0.15, -0.1) is 0 Å². The third-order valence-electron chi connectivity index (χ3n) is 0.607. The van der Waals surface area contributed by atoms with Crippen molar-refractivity contribution in [2.75, 3.05) is 0 Å². The van der Waals surface area contributed by atoms with Crippen molar-refractivity contribution in [2.45, 2.75) is 0 Å². The fourth-order valence-corrected chi connectivity index (χ4v) is 0.342. The molecule has 0 aromatic heterocycles. The van der Waals surface area contributed by atoms with Gasteiger partial charge in [0.2, 0.25) is 0 Å². The van der Waals surface area contributed by atoms with Crippen molar-refractivity contribution in [1.29, 1.82) is 0 Å². The Kier molecular flexibility index (Phi) is 13.5. The van der Waals surface area contributed by atoms with E-state index in [1.165, 1.54) is 0 Å². The first kappa shape index (κ1) is 11.5. The van der Waals surface area contributed by atoms with E-state index in [-0.39, 0.29) is 21.7 Å². The van der Waals surface area contributed by atoms with Gasteiger partial charge in [0.25, 0.3) is 0 Å². The predicted octanol–water partition coefficient (Wildman–Crippen LogP) is 2.09. The van der Waals surface area contributed by atoms with Crippen LogP contribution in [0.5, 0.6) is 0 Å². The van der Waals surface area contributed by atoms with Crippen LogP contribution in [0.4, 0.5) is 0 Å². The SMILES string of the molecule is [CH-]=C.[Ti+2].[c-]1ccccc1. The van der Waals surface area contributed by atoms with E-state index in [0.29, 0.717) is 0 Å². The third-order valence-corrected chi connectivity index (χ3v) is 0.607. The van der Waals surface area contributed by atoms with Gasteiger partial charge < -0.3 is 6.58 Å². The minimum absolute atomic E-state index is 0. The van der Waals surface area contributed by atoms with E-state index in [1.54, 1.807) is 0 Å². The Hall–Kier alpha value is -0.326. The van der Waals surface area contributed by atoms with Crippen LogP contribution in [0.15, 0.2) is 36.9 Å². The van der Waals surface area contributed by atoms with Crippen molar-refractivity contribution in [2.24, 2.45) is 0 Å². The molecule has 0 N–H and O–H groups in total. The largest absolute Gasteiger partial charge is 2.00 e. The quantitative estimate of drug-likeness (QED) is 0.394. The minimum Gasteiger partial charge on any atom is -0.521 e. The molecule has 9 heavy (non-hydrogen) atoms. The van der Waals surface area contributed by atoms with E-state index in [1.807, 2.05) is 30.3 Å². The number of hydrogen-bond donors (Lipinski definition) is 0. The van der Waals surface area contributed by atoms with Crippen molar-refractivity contribution >= 4 is 0 Å². The molecule has 44 valence electrons. The zero-order chi connectivity index (χ0) is 6.24. The molecule has 0 unspecified atom stereocenters. The number of rotatable bonds is 0. The van der Waals surface area contributed by atoms with Gasteiger partial charge >= 0.3 is 21.7 Å². The van der Waals surface area contributed by atoms with E-state index in [4.69, 9.17) is 0 Å². The standard InChI is InChI=1S/C6H5.C2H3.Ti/c1-2-4-6-5-3-1;1-2;/h1-5H;1H,2H2;/q2*-1;+2. The molecule has 1 aromatic carbocycles. The second kappa shape index (κ2) is 10.6. The van der Waals surface area contributed by atoms with Gasteiger partial charge in [-0.1, -0.05) is 0 Å². The van der Waals surface area contributed by atoms with Crippen molar-refractivity contribution in [1.82, 2.24) is 0 Å². The second-order valence-corrected chi connectivity index (χ2v) is 1.08. The molecule has 1 aromatic rings. The summed E-state index contributed by atoms with van der Waals surface area (Å²) in [7, 11) is 0. The molecule has 1 heteroatoms. The van der Waals surface area contributed by atoms with Gasteiger partial charge in [-0.25, -0.2) is 0 Å². The van der Waals surface area contributed by atoms with E-state index in [9.17, 15) is 0 Å². The summed E-state index contributed by atoms with van der Waals surface area (Å²) in [6.07, 6.45) is 0. The van der Waals surface area contributed by atoms with Gasteiger partial charge in [0, 0.05) is 0 Å². The molecule has 0 aliphatic carbocycles. The summed E-state index contributed by atoms with van der Waals surface area (Å²) >= 11 is 0. The van der Waals surface area contributed by atoms with Crippen LogP contribution >= 0.6 is 0 Å². The average Bonchev–Trinajstić information content (AvgIpc) is 1.96. The van der Waals surface area contributed by atoms with Gasteiger partial charge in [-0.3, -0.25) is 6.58 Å². The van der Waals surface area contributed by atoms with Crippen molar-refractivity contribution in [3.8, 4) is 0 Å². The molecule has 0 bridgehead atoms. The molecule has 0 heterocycles. The van der Waals surface area contributed by atoms with Crippen LogP contribution in [-0.4, -0.2) is 0 Å². The Morgan fingerprint density at radius 3 is 1.56 bits per heavy atom. The van der Waals surface area contributed by atoms with Crippen LogP contribution in [0.25, 0.3) is 0 Å². The van der Waals surface area contributed by atoms with Crippen LogP contribution in [0.3, 0.4) is 0 Å². The maximum Gasteiger partial charge on any atom is 2.00 e. The van der Waals surface area contributed by atoms with E-state index < -0.39 is 0 Å². The predicted molar refractivity (Wildman–Crippen MR) is 35.2 cm³/mol. The number of hydrogen-bond acceptors (Lipinski definition) is 0. The first-order valence-corrected chi connectivity index (χ1v) is 2.32. The van der Waals surface area contributed by atoms with Gasteiger partial charge in [-0.2, -0.15) is 36.4 Å². The molecule has 0 radical (unpaired) electrons. The summed E-state index contributed by atoms with van der Waals surface area (Å²) in [5.41, 5.74) is 0. The molecule has 0 amide bonds. The molecule has 0 aliphatic rings. The van der Waals surface area contributed by atoms with Gasteiger partial charge in [-0.05, 0) is 0 Å². The van der Waals surface area contributed by atoms with Crippen LogP contribution < -0.4 is 0 Å². The zero-order valence-electron chi connectivity index (χ0n) is 5.17. The molecular formula is C8H8Ti. The summed E-state index contributed by atoms with van der Waals surface area (Å²) in [6.45, 7) is 7.00. The molecular weight excluding hydrogens is 144 g/mol. The Balaban J connectivity index is 0. The molecule has 0 atom stereocenters. The maximum atomic E-state index is 4.25. The van der Waals surface area contributed by atoms with E-state index in [0.717, 1.165) is 0 Å². The van der Waals surface area contributed by atoms with Crippen LogP contribution in [-0.2, 0) is 21.7 Å². The Morgan fingerprint density at radius 2 is 1.44 bits per heavy atom. The normalized spacial score (nSPS) is 5.78. The first-order valence-electron chi connectivity index (χ1n) is 2.32. The second-order valence-electron chi connectivity index (χ2n) is 1.08. The van der Waals surface area contributed by atoms with Crippen molar-refractivity contribution < 1.29 is 21.7 Å². The molecule has 1 rings (SSSR count). The topological polar surface area (TPSA) is 0 Å². The van der Waals surface area contributed by atoms with Crippen LogP contribution in [0, 0.1) is 12.6 Å². The van der Waals surface area contributed by atoms with Gasteiger partial charge in [0.1, 0.15) is 0 Å². The molecule has 0 fully saturated rings. The fraction of sp³-hybridized carbons (Fsp3) is 0. The summed E-state index contributed by atoms with van der Waals surface area (Å²) in [5, 5.41) is 0. The van der Waals surface area contributed by atoms with Crippen molar-refractivity contribution in [3.05, 3.63) is 49.6 Å². The summed E-state index contributed by atoms with van der Waals surface area (Å²) in [5.74, 6) is 0. The van der Waals surface area contributed by atoms with Crippen LogP contribution in [0.2, 0.25) is 0 Å². The first-order chi connectivity index (χ1) is 4.00. The number of benzene rings is 1. The molecule has 0 aliphatic heterocycles. The van der Waals surface area contributed by atoms with E-state index >= 15 is 0 Å². The summed E-state index contributed by atoms with van der Waals surface area (Å²) in [6, 6.07) is 12.5. The maximum absolute atomic E-state index is 4.25. The molecule has 0 saturated heterocycles. The van der Waals surface area contributed by atoms with Crippen LogP contribution in [0.1, 0.15) is 0 Å². The Labute approximate surface area is 71.5 Å². The Bertz CT molecular complexity index is 87.4. The average molecular weight is 152 g/mol. The third kappa shape index (κ3) is 7.67. The van der Waals surface area contributed by atoms with E-state index in [2.05, 4.69) is 19.2 Å². The summed E-state index contributed by atoms with van der Waals surface area (Å²) < 4.78 is 0. The smallest absolute Gasteiger partial charge is 0.521 e.